The molecule has 3 amide bonds. The third-order valence-electron chi connectivity index (χ3n) is 6.45. The van der Waals surface area contributed by atoms with Gasteiger partial charge in [-0.3, -0.25) is 19.7 Å². The Hall–Kier alpha value is -2.29. The van der Waals surface area contributed by atoms with Gasteiger partial charge in [0, 0.05) is 43.7 Å². The average molecular weight is 398 g/mol. The van der Waals surface area contributed by atoms with Gasteiger partial charge in [-0.25, -0.2) is 0 Å². The van der Waals surface area contributed by atoms with Gasteiger partial charge in [0.2, 0.25) is 11.8 Å². The van der Waals surface area contributed by atoms with E-state index in [0.717, 1.165) is 30.8 Å². The number of carbonyl (C=O) groups is 3. The lowest BCUT2D eigenvalue weighted by molar-refractivity contribution is -0.136. The van der Waals surface area contributed by atoms with E-state index >= 15 is 0 Å². The normalized spacial score (nSPS) is 27.9. The molecule has 3 fully saturated rings. The molecule has 3 heterocycles. The maximum Gasteiger partial charge on any atom is 0.255 e. The summed E-state index contributed by atoms with van der Waals surface area (Å²) >= 11 is 0. The maximum absolute atomic E-state index is 12.9. The fraction of sp³-hybridized carbons (Fsp3) is 0.571. The Kier molecular flexibility index (Phi) is 4.64. The fourth-order valence-corrected chi connectivity index (χ4v) is 4.41. The van der Waals surface area contributed by atoms with E-state index in [1.54, 1.807) is 4.90 Å². The molecule has 1 aromatic carbocycles. The minimum atomic E-state index is -0.570. The third kappa shape index (κ3) is 3.68. The highest BCUT2D eigenvalue weighted by Gasteiger charge is 2.45. The number of hydrogen-bond donors (Lipinski definition) is 3. The summed E-state index contributed by atoms with van der Waals surface area (Å²) in [6.07, 6.45) is 3.25. The number of nitrogens with zero attached hydrogens (tertiary/aromatic N) is 1. The predicted octanol–water partition coefficient (Wildman–Crippen LogP) is 0.0582. The standard InChI is InChI=1S/C21H26N4O4/c26-18-4-3-17(19(27)24-18)25-11-14-2-1-13(7-16(14)20(25)28)8-22-9-15-10-23-21(5-6-21)12-29-15/h1-2,7,15,17,22-23H,3-6,8-12H2,(H,24,26,27). The van der Waals surface area contributed by atoms with E-state index in [9.17, 15) is 14.4 Å². The summed E-state index contributed by atoms with van der Waals surface area (Å²) in [5.41, 5.74) is 2.88. The highest BCUT2D eigenvalue weighted by Crippen LogP contribution is 2.37. The molecule has 154 valence electrons. The number of amides is 3. The van der Waals surface area contributed by atoms with Crippen molar-refractivity contribution in [2.75, 3.05) is 19.7 Å². The summed E-state index contributed by atoms with van der Waals surface area (Å²) < 4.78 is 5.94. The number of rotatable bonds is 5. The van der Waals surface area contributed by atoms with Crippen molar-refractivity contribution in [3.8, 4) is 0 Å². The Morgan fingerprint density at radius 1 is 1.24 bits per heavy atom. The van der Waals surface area contributed by atoms with E-state index in [-0.39, 0.29) is 35.8 Å². The molecule has 29 heavy (non-hydrogen) atoms. The van der Waals surface area contributed by atoms with Crippen LogP contribution in [-0.4, -0.2) is 60.0 Å². The van der Waals surface area contributed by atoms with Gasteiger partial charge in [-0.05, 0) is 36.5 Å². The van der Waals surface area contributed by atoms with Gasteiger partial charge in [-0.1, -0.05) is 12.1 Å². The van der Waals surface area contributed by atoms with Crippen LogP contribution in [0.3, 0.4) is 0 Å². The van der Waals surface area contributed by atoms with Gasteiger partial charge in [0.15, 0.2) is 0 Å². The molecular formula is C21H26N4O4. The predicted molar refractivity (Wildman–Crippen MR) is 104 cm³/mol. The van der Waals surface area contributed by atoms with Crippen LogP contribution in [0.5, 0.6) is 0 Å². The van der Waals surface area contributed by atoms with Crippen LogP contribution in [0.25, 0.3) is 0 Å². The zero-order chi connectivity index (χ0) is 20.0. The number of benzene rings is 1. The first-order valence-electron chi connectivity index (χ1n) is 10.4. The van der Waals surface area contributed by atoms with Crippen molar-refractivity contribution in [3.05, 3.63) is 34.9 Å². The number of nitrogens with one attached hydrogen (secondary N) is 3. The summed E-state index contributed by atoms with van der Waals surface area (Å²) in [7, 11) is 0. The number of carbonyl (C=O) groups excluding carboxylic acids is 3. The Morgan fingerprint density at radius 2 is 2.10 bits per heavy atom. The highest BCUT2D eigenvalue weighted by molar-refractivity contribution is 6.05. The first-order chi connectivity index (χ1) is 14.0. The fourth-order valence-electron chi connectivity index (χ4n) is 4.41. The number of fused-ring (bicyclic) bond motifs is 1. The molecule has 1 spiro atoms. The van der Waals surface area contributed by atoms with Crippen molar-refractivity contribution < 1.29 is 19.1 Å². The Bertz CT molecular complexity index is 856. The minimum Gasteiger partial charge on any atom is -0.374 e. The second-order valence-electron chi connectivity index (χ2n) is 8.62. The van der Waals surface area contributed by atoms with Crippen molar-refractivity contribution in [1.29, 1.82) is 0 Å². The Labute approximate surface area is 169 Å². The average Bonchev–Trinajstić information content (AvgIpc) is 3.39. The molecule has 4 aliphatic rings. The number of ether oxygens (including phenoxy) is 1. The molecule has 8 nitrogen and oxygen atoms in total. The summed E-state index contributed by atoms with van der Waals surface area (Å²) in [5.74, 6) is -0.780. The summed E-state index contributed by atoms with van der Waals surface area (Å²) in [6, 6.07) is 5.33. The van der Waals surface area contributed by atoms with Crippen LogP contribution in [0, 0.1) is 0 Å². The van der Waals surface area contributed by atoms with Crippen molar-refractivity contribution >= 4 is 17.7 Å². The van der Waals surface area contributed by atoms with Crippen molar-refractivity contribution in [2.45, 2.75) is 56.5 Å². The van der Waals surface area contributed by atoms with E-state index in [0.29, 0.717) is 25.1 Å². The second kappa shape index (κ2) is 7.19. The molecule has 1 aromatic rings. The molecule has 5 rings (SSSR count). The Balaban J connectivity index is 1.17. The second-order valence-corrected chi connectivity index (χ2v) is 8.62. The molecule has 0 aromatic heterocycles. The molecular weight excluding hydrogens is 372 g/mol. The number of morpholine rings is 1. The van der Waals surface area contributed by atoms with Crippen LogP contribution in [0.4, 0.5) is 0 Å². The Morgan fingerprint density at radius 3 is 2.83 bits per heavy atom. The first-order valence-corrected chi connectivity index (χ1v) is 10.4. The van der Waals surface area contributed by atoms with Gasteiger partial charge in [0.25, 0.3) is 5.91 Å². The third-order valence-corrected chi connectivity index (χ3v) is 6.45. The molecule has 0 bridgehead atoms. The van der Waals surface area contributed by atoms with E-state index in [1.165, 1.54) is 12.8 Å². The molecule has 8 heteroatoms. The lowest BCUT2D eigenvalue weighted by Crippen LogP contribution is -2.52. The minimum absolute atomic E-state index is 0.133. The van der Waals surface area contributed by atoms with Crippen molar-refractivity contribution in [2.24, 2.45) is 0 Å². The summed E-state index contributed by atoms with van der Waals surface area (Å²) in [4.78, 5) is 38.0. The van der Waals surface area contributed by atoms with Gasteiger partial charge >= 0.3 is 0 Å². The van der Waals surface area contributed by atoms with Gasteiger partial charge in [0.1, 0.15) is 6.04 Å². The van der Waals surface area contributed by atoms with Crippen LogP contribution in [0.15, 0.2) is 18.2 Å². The molecule has 0 radical (unpaired) electrons. The van der Waals surface area contributed by atoms with Crippen LogP contribution in [-0.2, 0) is 27.4 Å². The summed E-state index contributed by atoms with van der Waals surface area (Å²) in [5, 5.41) is 9.34. The lowest BCUT2D eigenvalue weighted by Gasteiger charge is -2.30. The zero-order valence-electron chi connectivity index (χ0n) is 16.3. The largest absolute Gasteiger partial charge is 0.374 e. The van der Waals surface area contributed by atoms with Crippen LogP contribution in [0.2, 0.25) is 0 Å². The van der Waals surface area contributed by atoms with Crippen molar-refractivity contribution in [3.63, 3.8) is 0 Å². The SMILES string of the molecule is O=C1CCC(N2Cc3ccc(CNCC4CNC5(CC5)CO4)cc3C2=O)C(=O)N1. The lowest BCUT2D eigenvalue weighted by atomic mass is 10.0. The van der Waals surface area contributed by atoms with E-state index < -0.39 is 6.04 Å². The molecule has 2 atom stereocenters. The maximum atomic E-state index is 12.9. The number of piperidine rings is 1. The van der Waals surface area contributed by atoms with E-state index in [2.05, 4.69) is 16.0 Å². The molecule has 1 aliphatic carbocycles. The molecule has 3 N–H and O–H groups in total. The topological polar surface area (TPSA) is 99.8 Å². The van der Waals surface area contributed by atoms with E-state index in [1.807, 2.05) is 18.2 Å². The first kappa shape index (κ1) is 18.7. The number of hydrogen-bond acceptors (Lipinski definition) is 6. The molecule has 1 saturated carbocycles. The zero-order valence-corrected chi connectivity index (χ0v) is 16.3. The molecule has 3 aliphatic heterocycles. The smallest absolute Gasteiger partial charge is 0.255 e. The molecule has 2 unspecified atom stereocenters. The van der Waals surface area contributed by atoms with Crippen LogP contribution in [0.1, 0.15) is 47.2 Å². The monoisotopic (exact) mass is 398 g/mol. The van der Waals surface area contributed by atoms with Gasteiger partial charge in [0.05, 0.1) is 12.7 Å². The van der Waals surface area contributed by atoms with Gasteiger partial charge in [-0.2, -0.15) is 0 Å². The van der Waals surface area contributed by atoms with Crippen LogP contribution < -0.4 is 16.0 Å². The van der Waals surface area contributed by atoms with Gasteiger partial charge in [-0.15, -0.1) is 0 Å². The van der Waals surface area contributed by atoms with Crippen molar-refractivity contribution in [1.82, 2.24) is 20.9 Å². The van der Waals surface area contributed by atoms with Gasteiger partial charge < -0.3 is 20.3 Å². The number of imide groups is 1. The van der Waals surface area contributed by atoms with Crippen LogP contribution >= 0.6 is 0 Å². The molecule has 2 saturated heterocycles. The quantitative estimate of drug-likeness (QED) is 0.607. The highest BCUT2D eigenvalue weighted by atomic mass is 16.5. The summed E-state index contributed by atoms with van der Waals surface area (Å²) in [6.45, 7) is 3.50. The van der Waals surface area contributed by atoms with E-state index in [4.69, 9.17) is 4.74 Å².